The first-order chi connectivity index (χ1) is 9.02. The Kier molecular flexibility index (Phi) is 4.46. The average molecular weight is 264 g/mol. The van der Waals surface area contributed by atoms with E-state index in [1.54, 1.807) is 6.07 Å². The Hall–Kier alpha value is -1.09. The van der Waals surface area contributed by atoms with Gasteiger partial charge in [-0.25, -0.2) is 4.39 Å². The number of hydrogen-bond acceptors (Lipinski definition) is 2. The van der Waals surface area contributed by atoms with Crippen molar-refractivity contribution in [3.05, 3.63) is 29.6 Å². The minimum Gasteiger partial charge on any atom is -0.369 e. The highest BCUT2D eigenvalue weighted by molar-refractivity contribution is 5.49. The molecular weight excluding hydrogens is 239 g/mol. The summed E-state index contributed by atoms with van der Waals surface area (Å²) in [6.45, 7) is 10.1. The molecule has 0 spiro atoms. The number of halogens is 1. The number of anilines is 1. The molecule has 0 atom stereocenters. The first-order valence-corrected chi connectivity index (χ1v) is 7.26. The van der Waals surface area contributed by atoms with Gasteiger partial charge in [0.15, 0.2) is 0 Å². The van der Waals surface area contributed by atoms with E-state index in [-0.39, 0.29) is 11.2 Å². The van der Waals surface area contributed by atoms with Gasteiger partial charge in [0.05, 0.1) is 5.69 Å². The van der Waals surface area contributed by atoms with Crippen LogP contribution in [0, 0.1) is 11.2 Å². The third-order valence-corrected chi connectivity index (χ3v) is 3.83. The third-order valence-electron chi connectivity index (χ3n) is 3.83. The van der Waals surface area contributed by atoms with E-state index in [1.807, 2.05) is 12.1 Å². The molecule has 1 fully saturated rings. The van der Waals surface area contributed by atoms with Crippen molar-refractivity contribution in [2.45, 2.75) is 40.2 Å². The summed E-state index contributed by atoms with van der Waals surface area (Å²) in [5, 5.41) is 3.22. The fourth-order valence-electron chi connectivity index (χ4n) is 2.82. The first-order valence-electron chi connectivity index (χ1n) is 7.26. The minimum absolute atomic E-state index is 0.0897. The van der Waals surface area contributed by atoms with E-state index in [9.17, 15) is 4.39 Å². The molecule has 2 nitrogen and oxygen atoms in total. The monoisotopic (exact) mass is 264 g/mol. The van der Waals surface area contributed by atoms with E-state index < -0.39 is 0 Å². The summed E-state index contributed by atoms with van der Waals surface area (Å²) in [5.74, 6) is -0.0897. The zero-order valence-corrected chi connectivity index (χ0v) is 12.3. The summed E-state index contributed by atoms with van der Waals surface area (Å²) in [7, 11) is 0. The Morgan fingerprint density at radius 1 is 1.37 bits per heavy atom. The molecule has 3 heteroatoms. The van der Waals surface area contributed by atoms with Gasteiger partial charge in [-0.3, -0.25) is 0 Å². The first kappa shape index (κ1) is 14.3. The quantitative estimate of drug-likeness (QED) is 0.894. The molecule has 0 aromatic heterocycles. The highest BCUT2D eigenvalue weighted by Crippen LogP contribution is 2.32. The fraction of sp³-hybridized carbons (Fsp3) is 0.625. The summed E-state index contributed by atoms with van der Waals surface area (Å²) >= 11 is 0. The molecule has 1 aliphatic rings. The zero-order chi connectivity index (χ0) is 13.9. The second-order valence-corrected chi connectivity index (χ2v) is 6.26. The largest absolute Gasteiger partial charge is 0.369 e. The van der Waals surface area contributed by atoms with Crippen molar-refractivity contribution >= 4 is 5.69 Å². The lowest BCUT2D eigenvalue weighted by Gasteiger charge is -2.39. The average Bonchev–Trinajstić information content (AvgIpc) is 2.35. The number of nitrogens with one attached hydrogen (secondary N) is 1. The number of nitrogens with zero attached hydrogens (tertiary/aromatic N) is 1. The van der Waals surface area contributed by atoms with Gasteiger partial charge in [-0.05, 0) is 42.5 Å². The standard InChI is InChI=1S/C16H25FN2/c1-4-18-11-13-6-7-15(14(17)10-13)19-9-5-8-16(2,3)12-19/h6-7,10,18H,4-5,8-9,11-12H2,1-3H3. The maximum Gasteiger partial charge on any atom is 0.146 e. The lowest BCUT2D eigenvalue weighted by molar-refractivity contribution is 0.292. The fourth-order valence-corrected chi connectivity index (χ4v) is 2.82. The third kappa shape index (κ3) is 3.69. The van der Waals surface area contributed by atoms with Gasteiger partial charge in [-0.2, -0.15) is 0 Å². The Morgan fingerprint density at radius 3 is 2.79 bits per heavy atom. The molecule has 1 saturated heterocycles. The van der Waals surface area contributed by atoms with Crippen LogP contribution in [0.1, 0.15) is 39.2 Å². The van der Waals surface area contributed by atoms with Crippen molar-refractivity contribution in [3.8, 4) is 0 Å². The van der Waals surface area contributed by atoms with E-state index in [1.165, 1.54) is 6.42 Å². The molecule has 0 amide bonds. The topological polar surface area (TPSA) is 15.3 Å². The maximum atomic E-state index is 14.2. The summed E-state index contributed by atoms with van der Waals surface area (Å²) < 4.78 is 14.2. The van der Waals surface area contributed by atoms with E-state index in [0.717, 1.165) is 43.9 Å². The molecule has 106 valence electrons. The van der Waals surface area contributed by atoms with Gasteiger partial charge in [0.2, 0.25) is 0 Å². The molecule has 1 heterocycles. The highest BCUT2D eigenvalue weighted by Gasteiger charge is 2.27. The molecule has 19 heavy (non-hydrogen) atoms. The predicted octanol–water partition coefficient (Wildman–Crippen LogP) is 3.56. The molecule has 1 aliphatic heterocycles. The summed E-state index contributed by atoms with van der Waals surface area (Å²) in [4.78, 5) is 2.19. The number of rotatable bonds is 4. The van der Waals surface area contributed by atoms with Gasteiger partial charge in [0, 0.05) is 19.6 Å². The smallest absolute Gasteiger partial charge is 0.146 e. The van der Waals surface area contributed by atoms with Crippen LogP contribution in [0.3, 0.4) is 0 Å². The van der Waals surface area contributed by atoms with Crippen LogP contribution in [0.5, 0.6) is 0 Å². The molecular formula is C16H25FN2. The Bertz CT molecular complexity index is 429. The highest BCUT2D eigenvalue weighted by atomic mass is 19.1. The summed E-state index contributed by atoms with van der Waals surface area (Å²) in [6, 6.07) is 5.63. The second-order valence-electron chi connectivity index (χ2n) is 6.26. The van der Waals surface area contributed by atoms with Crippen LogP contribution < -0.4 is 10.2 Å². The number of benzene rings is 1. The zero-order valence-electron chi connectivity index (χ0n) is 12.3. The molecule has 0 unspecified atom stereocenters. The van der Waals surface area contributed by atoms with Crippen molar-refractivity contribution in [2.24, 2.45) is 5.41 Å². The normalized spacial score (nSPS) is 18.6. The van der Waals surface area contributed by atoms with Crippen molar-refractivity contribution in [1.82, 2.24) is 5.32 Å². The van der Waals surface area contributed by atoms with Crippen molar-refractivity contribution in [1.29, 1.82) is 0 Å². The predicted molar refractivity (Wildman–Crippen MR) is 79.0 cm³/mol. The van der Waals surface area contributed by atoms with Crippen LogP contribution in [0.25, 0.3) is 0 Å². The SMILES string of the molecule is CCNCc1ccc(N2CCCC(C)(C)C2)c(F)c1. The van der Waals surface area contributed by atoms with Crippen LogP contribution in [-0.4, -0.2) is 19.6 Å². The van der Waals surface area contributed by atoms with Gasteiger partial charge < -0.3 is 10.2 Å². The minimum atomic E-state index is -0.0897. The van der Waals surface area contributed by atoms with Gasteiger partial charge in [-0.15, -0.1) is 0 Å². The summed E-state index contributed by atoms with van der Waals surface area (Å²) in [6.07, 6.45) is 2.37. The Morgan fingerprint density at radius 2 is 2.16 bits per heavy atom. The number of piperidine rings is 1. The van der Waals surface area contributed by atoms with Gasteiger partial charge in [0.1, 0.15) is 5.82 Å². The molecule has 1 aromatic carbocycles. The Labute approximate surface area is 116 Å². The van der Waals surface area contributed by atoms with Crippen LogP contribution in [0.4, 0.5) is 10.1 Å². The maximum absolute atomic E-state index is 14.2. The van der Waals surface area contributed by atoms with Crippen LogP contribution in [-0.2, 0) is 6.54 Å². The summed E-state index contributed by atoms with van der Waals surface area (Å²) in [5.41, 5.74) is 2.06. The van der Waals surface area contributed by atoms with E-state index >= 15 is 0 Å². The molecule has 0 saturated carbocycles. The lowest BCUT2D eigenvalue weighted by Crippen LogP contribution is -2.40. The Balaban J connectivity index is 2.12. The van der Waals surface area contributed by atoms with E-state index in [2.05, 4.69) is 31.0 Å². The molecule has 1 N–H and O–H groups in total. The van der Waals surface area contributed by atoms with Crippen LogP contribution in [0.15, 0.2) is 18.2 Å². The number of hydrogen-bond donors (Lipinski definition) is 1. The molecule has 0 aliphatic carbocycles. The van der Waals surface area contributed by atoms with Crippen molar-refractivity contribution < 1.29 is 4.39 Å². The van der Waals surface area contributed by atoms with E-state index in [4.69, 9.17) is 0 Å². The van der Waals surface area contributed by atoms with E-state index in [0.29, 0.717) is 0 Å². The van der Waals surface area contributed by atoms with Gasteiger partial charge in [0.25, 0.3) is 0 Å². The molecule has 1 aromatic rings. The van der Waals surface area contributed by atoms with Gasteiger partial charge in [-0.1, -0.05) is 26.8 Å². The molecule has 0 radical (unpaired) electrons. The second kappa shape index (κ2) is 5.91. The molecule has 2 rings (SSSR count). The van der Waals surface area contributed by atoms with Crippen LogP contribution in [0.2, 0.25) is 0 Å². The van der Waals surface area contributed by atoms with Gasteiger partial charge >= 0.3 is 0 Å². The lowest BCUT2D eigenvalue weighted by atomic mass is 9.84. The molecule has 0 bridgehead atoms. The van der Waals surface area contributed by atoms with Crippen molar-refractivity contribution in [3.63, 3.8) is 0 Å². The van der Waals surface area contributed by atoms with Crippen LogP contribution >= 0.6 is 0 Å². The van der Waals surface area contributed by atoms with Crippen molar-refractivity contribution in [2.75, 3.05) is 24.5 Å².